The van der Waals surface area contributed by atoms with Gasteiger partial charge in [-0.15, -0.1) is 11.8 Å². The highest BCUT2D eigenvalue weighted by Crippen LogP contribution is 2.23. The van der Waals surface area contributed by atoms with E-state index in [1.807, 2.05) is 62.6 Å². The largest absolute Gasteiger partial charge is 0.467 e. The van der Waals surface area contributed by atoms with Crippen molar-refractivity contribution in [2.75, 3.05) is 12.4 Å². The first-order valence-electron chi connectivity index (χ1n) is 9.43. The van der Waals surface area contributed by atoms with E-state index in [1.54, 1.807) is 6.26 Å². The summed E-state index contributed by atoms with van der Waals surface area (Å²) < 4.78 is 12.6. The number of carbonyl (C=O) groups excluding carboxylic acids is 2. The Kier molecular flexibility index (Phi) is 6.64. The van der Waals surface area contributed by atoms with Crippen LogP contribution < -0.4 is 0 Å². The topological polar surface area (TPSA) is 61.4 Å². The van der Waals surface area contributed by atoms with Gasteiger partial charge in [0.25, 0.3) is 0 Å². The van der Waals surface area contributed by atoms with E-state index in [0.717, 1.165) is 27.6 Å². The lowest BCUT2D eigenvalue weighted by atomic mass is 10.1. The number of aryl methyl sites for hydroxylation is 3. The van der Waals surface area contributed by atoms with E-state index < -0.39 is 5.97 Å². The zero-order valence-corrected chi connectivity index (χ0v) is 18.0. The van der Waals surface area contributed by atoms with Crippen LogP contribution in [-0.4, -0.2) is 28.7 Å². The highest BCUT2D eigenvalue weighted by atomic mass is 32.2. The Morgan fingerprint density at radius 3 is 2.59 bits per heavy atom. The van der Waals surface area contributed by atoms with Gasteiger partial charge in [0.05, 0.1) is 18.6 Å². The summed E-state index contributed by atoms with van der Waals surface area (Å²) in [5.74, 6) is 0.399. The fraction of sp³-hybridized carbons (Fsp3) is 0.304. The molecular formula is C23H25NO4S. The predicted octanol–water partition coefficient (Wildman–Crippen LogP) is 4.88. The number of thioether (sulfide) groups is 1. The van der Waals surface area contributed by atoms with Crippen LogP contribution in [0, 0.1) is 27.7 Å². The summed E-state index contributed by atoms with van der Waals surface area (Å²) in [6.45, 7) is 8.19. The third-order valence-corrected chi connectivity index (χ3v) is 5.96. The molecule has 0 saturated carbocycles. The number of hydrogen-bond acceptors (Lipinski definition) is 5. The molecule has 1 aromatic carbocycles. The number of rotatable bonds is 8. The maximum absolute atomic E-state index is 12.6. The van der Waals surface area contributed by atoms with Gasteiger partial charge in [-0.3, -0.25) is 9.59 Å². The van der Waals surface area contributed by atoms with Gasteiger partial charge in [0, 0.05) is 21.8 Å². The summed E-state index contributed by atoms with van der Waals surface area (Å²) in [5.41, 5.74) is 4.68. The van der Waals surface area contributed by atoms with Crippen molar-refractivity contribution in [2.24, 2.45) is 0 Å². The number of esters is 1. The molecule has 3 aromatic rings. The molecule has 29 heavy (non-hydrogen) atoms. The van der Waals surface area contributed by atoms with E-state index in [9.17, 15) is 9.59 Å². The monoisotopic (exact) mass is 411 g/mol. The molecule has 152 valence electrons. The molecule has 0 aliphatic carbocycles. The number of furan rings is 1. The van der Waals surface area contributed by atoms with E-state index in [-0.39, 0.29) is 18.1 Å². The molecule has 0 spiro atoms. The molecule has 2 aromatic heterocycles. The van der Waals surface area contributed by atoms with Gasteiger partial charge in [0.1, 0.15) is 5.76 Å². The maximum Gasteiger partial charge on any atom is 0.316 e. The van der Waals surface area contributed by atoms with Crippen LogP contribution >= 0.6 is 11.8 Å². The van der Waals surface area contributed by atoms with E-state index in [4.69, 9.17) is 9.15 Å². The molecule has 0 unspecified atom stereocenters. The Labute approximate surface area is 175 Å². The van der Waals surface area contributed by atoms with Crippen LogP contribution in [0.5, 0.6) is 0 Å². The fourth-order valence-electron chi connectivity index (χ4n) is 3.25. The van der Waals surface area contributed by atoms with Crippen LogP contribution in [0.25, 0.3) is 0 Å². The lowest BCUT2D eigenvalue weighted by Crippen LogP contribution is -2.16. The zero-order valence-electron chi connectivity index (χ0n) is 17.2. The van der Waals surface area contributed by atoms with Crippen molar-refractivity contribution >= 4 is 23.5 Å². The summed E-state index contributed by atoms with van der Waals surface area (Å²) >= 11 is 1.42. The van der Waals surface area contributed by atoms with Gasteiger partial charge in [-0.1, -0.05) is 17.7 Å². The van der Waals surface area contributed by atoms with Crippen LogP contribution in [0.15, 0.2) is 52.0 Å². The Bertz CT molecular complexity index is 1020. The molecule has 3 rings (SSSR count). The number of carbonyl (C=O) groups is 2. The summed E-state index contributed by atoms with van der Waals surface area (Å²) in [5, 5.41) is 0. The second kappa shape index (κ2) is 9.18. The van der Waals surface area contributed by atoms with Gasteiger partial charge < -0.3 is 13.7 Å². The number of ether oxygens (including phenoxy) is 1. The van der Waals surface area contributed by atoms with Crippen molar-refractivity contribution in [2.45, 2.75) is 39.1 Å². The highest BCUT2D eigenvalue weighted by molar-refractivity contribution is 8.00. The van der Waals surface area contributed by atoms with E-state index in [0.29, 0.717) is 12.1 Å². The second-order valence-electron chi connectivity index (χ2n) is 7.09. The molecule has 0 bridgehead atoms. The standard InChI is InChI=1S/C23H25NO4S/c1-15-7-8-22(16(2)10-15)29-14-23(26)28-13-21(25)20-11-17(3)24(18(20)4)12-19-6-5-9-27-19/h5-11H,12-14H2,1-4H3. The third-order valence-electron chi connectivity index (χ3n) is 4.81. The molecule has 2 heterocycles. The van der Waals surface area contributed by atoms with Crippen LogP contribution in [-0.2, 0) is 16.1 Å². The number of nitrogens with zero attached hydrogens (tertiary/aromatic N) is 1. The van der Waals surface area contributed by atoms with Crippen LogP contribution in [0.3, 0.4) is 0 Å². The van der Waals surface area contributed by atoms with Crippen molar-refractivity contribution in [1.82, 2.24) is 4.57 Å². The van der Waals surface area contributed by atoms with Gasteiger partial charge in [-0.2, -0.15) is 0 Å². The van der Waals surface area contributed by atoms with E-state index >= 15 is 0 Å². The van der Waals surface area contributed by atoms with Crippen molar-refractivity contribution in [1.29, 1.82) is 0 Å². The molecule has 5 nitrogen and oxygen atoms in total. The number of benzene rings is 1. The van der Waals surface area contributed by atoms with Crippen LogP contribution in [0.1, 0.15) is 38.6 Å². The summed E-state index contributed by atoms with van der Waals surface area (Å²) in [6, 6.07) is 11.7. The number of ketones is 1. The predicted molar refractivity (Wildman–Crippen MR) is 114 cm³/mol. The summed E-state index contributed by atoms with van der Waals surface area (Å²) in [6.07, 6.45) is 1.63. The van der Waals surface area contributed by atoms with Gasteiger partial charge in [-0.05, 0) is 57.5 Å². The Morgan fingerprint density at radius 2 is 1.90 bits per heavy atom. The minimum absolute atomic E-state index is 0.175. The highest BCUT2D eigenvalue weighted by Gasteiger charge is 2.18. The van der Waals surface area contributed by atoms with E-state index in [1.165, 1.54) is 17.3 Å². The molecule has 0 atom stereocenters. The number of aromatic nitrogens is 1. The average Bonchev–Trinajstić information content (AvgIpc) is 3.29. The lowest BCUT2D eigenvalue weighted by molar-refractivity contribution is -0.139. The fourth-order valence-corrected chi connectivity index (χ4v) is 4.06. The summed E-state index contributed by atoms with van der Waals surface area (Å²) in [7, 11) is 0. The Balaban J connectivity index is 1.55. The Morgan fingerprint density at radius 1 is 1.10 bits per heavy atom. The van der Waals surface area contributed by atoms with Gasteiger partial charge in [0.2, 0.25) is 5.78 Å². The van der Waals surface area contributed by atoms with Crippen LogP contribution in [0.4, 0.5) is 0 Å². The molecule has 0 N–H and O–H groups in total. The molecule has 0 fully saturated rings. The first-order chi connectivity index (χ1) is 13.8. The molecule has 0 saturated heterocycles. The molecule has 0 amide bonds. The molecule has 0 aliphatic rings. The molecule has 0 aliphatic heterocycles. The number of Topliss-reactive ketones (excluding diaryl/α,β-unsaturated/α-hetero) is 1. The minimum atomic E-state index is -0.396. The van der Waals surface area contributed by atoms with Crippen molar-refractivity contribution in [3.05, 3.63) is 76.5 Å². The van der Waals surface area contributed by atoms with Crippen molar-refractivity contribution < 1.29 is 18.7 Å². The van der Waals surface area contributed by atoms with Crippen molar-refractivity contribution in [3.8, 4) is 0 Å². The van der Waals surface area contributed by atoms with Gasteiger partial charge >= 0.3 is 5.97 Å². The molecule has 0 radical (unpaired) electrons. The van der Waals surface area contributed by atoms with E-state index in [2.05, 4.69) is 6.07 Å². The number of hydrogen-bond donors (Lipinski definition) is 0. The van der Waals surface area contributed by atoms with Crippen molar-refractivity contribution in [3.63, 3.8) is 0 Å². The zero-order chi connectivity index (χ0) is 21.0. The minimum Gasteiger partial charge on any atom is -0.467 e. The first-order valence-corrected chi connectivity index (χ1v) is 10.4. The van der Waals surface area contributed by atoms with Gasteiger partial charge in [0.15, 0.2) is 6.61 Å². The SMILES string of the molecule is Cc1ccc(SCC(=O)OCC(=O)c2cc(C)n(Cc3ccco3)c2C)c(C)c1. The Hall–Kier alpha value is -2.73. The first kappa shape index (κ1) is 21.0. The summed E-state index contributed by atoms with van der Waals surface area (Å²) in [4.78, 5) is 25.7. The average molecular weight is 412 g/mol. The third kappa shape index (κ3) is 5.21. The quantitative estimate of drug-likeness (QED) is 0.300. The second-order valence-corrected chi connectivity index (χ2v) is 8.11. The van der Waals surface area contributed by atoms with Gasteiger partial charge in [-0.25, -0.2) is 0 Å². The molecular weight excluding hydrogens is 386 g/mol. The lowest BCUT2D eigenvalue weighted by Gasteiger charge is -2.08. The van der Waals surface area contributed by atoms with Crippen LogP contribution in [0.2, 0.25) is 0 Å². The normalized spacial score (nSPS) is 10.9. The smallest absolute Gasteiger partial charge is 0.316 e. The maximum atomic E-state index is 12.6. The molecule has 6 heteroatoms.